The standard InChI is InChI=1S/C16H16F3N3O2/c17-16(18,19)15(11-4-2-1-3-5-11)24-9-14(23)22-7-6-12-13(8-22)21-10-20-12/h1-5,10,15H,6-9H2,(H,20,21)/t15-/m0/s1. The van der Waals surface area contributed by atoms with Gasteiger partial charge in [-0.3, -0.25) is 4.79 Å². The molecule has 0 saturated heterocycles. The summed E-state index contributed by atoms with van der Waals surface area (Å²) < 4.78 is 44.5. The molecule has 3 rings (SSSR count). The van der Waals surface area contributed by atoms with E-state index in [9.17, 15) is 18.0 Å². The van der Waals surface area contributed by atoms with E-state index < -0.39 is 24.8 Å². The number of ether oxygens (including phenoxy) is 1. The van der Waals surface area contributed by atoms with E-state index in [1.165, 1.54) is 29.2 Å². The third-order valence-electron chi connectivity index (χ3n) is 3.90. The van der Waals surface area contributed by atoms with Crippen LogP contribution >= 0.6 is 0 Å². The second-order valence-electron chi connectivity index (χ2n) is 5.54. The number of hydrogen-bond donors (Lipinski definition) is 1. The minimum absolute atomic E-state index is 0.0210. The summed E-state index contributed by atoms with van der Waals surface area (Å²) in [6, 6.07) is 7.30. The molecule has 1 N–H and O–H groups in total. The van der Waals surface area contributed by atoms with Crippen molar-refractivity contribution in [3.8, 4) is 0 Å². The van der Waals surface area contributed by atoms with Gasteiger partial charge in [-0.1, -0.05) is 30.3 Å². The third-order valence-corrected chi connectivity index (χ3v) is 3.90. The van der Waals surface area contributed by atoms with E-state index in [0.717, 1.165) is 11.4 Å². The molecular formula is C16H16F3N3O2. The number of imidazole rings is 1. The number of carbonyl (C=O) groups excluding carboxylic acids is 1. The maximum atomic E-state index is 13.2. The lowest BCUT2D eigenvalue weighted by atomic mass is 10.1. The molecule has 0 bridgehead atoms. The van der Waals surface area contributed by atoms with E-state index >= 15 is 0 Å². The number of aromatic nitrogens is 2. The molecule has 24 heavy (non-hydrogen) atoms. The molecule has 1 atom stereocenters. The van der Waals surface area contributed by atoms with E-state index in [-0.39, 0.29) is 5.56 Å². The number of halogens is 3. The Kier molecular flexibility index (Phi) is 4.57. The van der Waals surface area contributed by atoms with Gasteiger partial charge in [0.1, 0.15) is 6.61 Å². The van der Waals surface area contributed by atoms with Crippen LogP contribution in [-0.2, 0) is 22.5 Å². The Morgan fingerprint density at radius 3 is 2.79 bits per heavy atom. The molecule has 0 unspecified atom stereocenters. The monoisotopic (exact) mass is 339 g/mol. The molecule has 8 heteroatoms. The Labute approximate surface area is 136 Å². The summed E-state index contributed by atoms with van der Waals surface area (Å²) in [4.78, 5) is 20.7. The summed E-state index contributed by atoms with van der Waals surface area (Å²) in [7, 11) is 0. The largest absolute Gasteiger partial charge is 0.418 e. The smallest absolute Gasteiger partial charge is 0.354 e. The summed E-state index contributed by atoms with van der Waals surface area (Å²) in [5, 5.41) is 0. The highest BCUT2D eigenvalue weighted by Crippen LogP contribution is 2.35. The van der Waals surface area contributed by atoms with Crippen LogP contribution < -0.4 is 0 Å². The van der Waals surface area contributed by atoms with E-state index in [0.29, 0.717) is 19.5 Å². The number of rotatable bonds is 4. The first-order valence-corrected chi connectivity index (χ1v) is 7.47. The molecule has 0 spiro atoms. The Bertz CT molecular complexity index is 700. The molecule has 1 aromatic carbocycles. The Hall–Kier alpha value is -2.35. The van der Waals surface area contributed by atoms with Crippen molar-refractivity contribution >= 4 is 5.91 Å². The summed E-state index contributed by atoms with van der Waals surface area (Å²) in [5.74, 6) is -0.472. The number of fused-ring (bicyclic) bond motifs is 1. The second kappa shape index (κ2) is 6.64. The van der Waals surface area contributed by atoms with Crippen molar-refractivity contribution in [1.29, 1.82) is 0 Å². The van der Waals surface area contributed by atoms with Gasteiger partial charge in [-0.05, 0) is 5.56 Å². The van der Waals surface area contributed by atoms with Gasteiger partial charge in [-0.25, -0.2) is 4.98 Å². The summed E-state index contributed by atoms with van der Waals surface area (Å²) >= 11 is 0. The SMILES string of the molecule is O=C(CO[C@@H](c1ccccc1)C(F)(F)F)N1CCc2nc[nH]c2C1. The van der Waals surface area contributed by atoms with Crippen LogP contribution in [0.15, 0.2) is 36.7 Å². The van der Waals surface area contributed by atoms with Crippen LogP contribution in [-0.4, -0.2) is 40.1 Å². The lowest BCUT2D eigenvalue weighted by Crippen LogP contribution is -2.39. The fraction of sp³-hybridized carbons (Fsp3) is 0.375. The van der Waals surface area contributed by atoms with Gasteiger partial charge >= 0.3 is 6.18 Å². The van der Waals surface area contributed by atoms with Crippen molar-refractivity contribution in [1.82, 2.24) is 14.9 Å². The number of benzene rings is 1. The van der Waals surface area contributed by atoms with Crippen molar-refractivity contribution in [3.05, 3.63) is 53.6 Å². The van der Waals surface area contributed by atoms with Gasteiger partial charge < -0.3 is 14.6 Å². The van der Waals surface area contributed by atoms with Gasteiger partial charge in [0.15, 0.2) is 6.10 Å². The zero-order valence-corrected chi connectivity index (χ0v) is 12.7. The number of nitrogens with zero attached hydrogens (tertiary/aromatic N) is 2. The normalized spacial score (nSPS) is 15.9. The fourth-order valence-corrected chi connectivity index (χ4v) is 2.68. The third kappa shape index (κ3) is 3.59. The summed E-state index contributed by atoms with van der Waals surface area (Å²) in [6.45, 7) is 0.101. The molecule has 0 radical (unpaired) electrons. The van der Waals surface area contributed by atoms with Crippen molar-refractivity contribution in [2.75, 3.05) is 13.2 Å². The highest BCUT2D eigenvalue weighted by atomic mass is 19.4. The maximum absolute atomic E-state index is 13.2. The van der Waals surface area contributed by atoms with Crippen molar-refractivity contribution < 1.29 is 22.7 Å². The van der Waals surface area contributed by atoms with Crippen LogP contribution in [0.3, 0.4) is 0 Å². The minimum atomic E-state index is -4.58. The van der Waals surface area contributed by atoms with E-state index in [2.05, 4.69) is 9.97 Å². The molecule has 0 saturated carbocycles. The van der Waals surface area contributed by atoms with Crippen LogP contribution in [0.5, 0.6) is 0 Å². The van der Waals surface area contributed by atoms with Crippen LogP contribution in [0.2, 0.25) is 0 Å². The lowest BCUT2D eigenvalue weighted by Gasteiger charge is -2.27. The Balaban J connectivity index is 1.64. The van der Waals surface area contributed by atoms with Crippen LogP contribution in [0.25, 0.3) is 0 Å². The zero-order chi connectivity index (χ0) is 17.2. The predicted octanol–water partition coefficient (Wildman–Crippen LogP) is 2.61. The van der Waals surface area contributed by atoms with Crippen molar-refractivity contribution in [2.45, 2.75) is 25.2 Å². The molecule has 1 aliphatic rings. The molecule has 1 aromatic heterocycles. The zero-order valence-electron chi connectivity index (χ0n) is 12.7. The molecule has 2 heterocycles. The van der Waals surface area contributed by atoms with Gasteiger partial charge in [0.25, 0.3) is 0 Å². The van der Waals surface area contributed by atoms with Gasteiger partial charge in [0, 0.05) is 13.0 Å². The molecular weight excluding hydrogens is 323 g/mol. The van der Waals surface area contributed by atoms with Crippen molar-refractivity contribution in [2.24, 2.45) is 0 Å². The molecule has 0 fully saturated rings. The number of hydrogen-bond acceptors (Lipinski definition) is 3. The van der Waals surface area contributed by atoms with E-state index in [1.54, 1.807) is 12.4 Å². The first-order chi connectivity index (χ1) is 11.4. The lowest BCUT2D eigenvalue weighted by molar-refractivity contribution is -0.224. The maximum Gasteiger partial charge on any atom is 0.418 e. The summed E-state index contributed by atoms with van der Waals surface area (Å²) in [5.41, 5.74) is 1.68. The Morgan fingerprint density at radius 2 is 2.08 bits per heavy atom. The first kappa shape index (κ1) is 16.5. The number of H-pyrrole nitrogens is 1. The number of nitrogens with one attached hydrogen (secondary N) is 1. The van der Waals surface area contributed by atoms with Crippen molar-refractivity contribution in [3.63, 3.8) is 0 Å². The average molecular weight is 339 g/mol. The molecule has 2 aromatic rings. The topological polar surface area (TPSA) is 58.2 Å². The first-order valence-electron chi connectivity index (χ1n) is 7.47. The van der Waals surface area contributed by atoms with Crippen LogP contribution in [0.4, 0.5) is 13.2 Å². The van der Waals surface area contributed by atoms with E-state index in [4.69, 9.17) is 4.74 Å². The highest BCUT2D eigenvalue weighted by molar-refractivity contribution is 5.77. The second-order valence-corrected chi connectivity index (χ2v) is 5.54. The predicted molar refractivity (Wildman–Crippen MR) is 78.9 cm³/mol. The number of alkyl halides is 3. The van der Waals surface area contributed by atoms with Gasteiger partial charge in [-0.2, -0.15) is 13.2 Å². The molecule has 1 amide bonds. The average Bonchev–Trinajstić information content (AvgIpc) is 3.02. The minimum Gasteiger partial charge on any atom is -0.354 e. The number of carbonyl (C=O) groups is 1. The quantitative estimate of drug-likeness (QED) is 0.932. The van der Waals surface area contributed by atoms with E-state index in [1.807, 2.05) is 0 Å². The van der Waals surface area contributed by atoms with Gasteiger partial charge in [-0.15, -0.1) is 0 Å². The molecule has 1 aliphatic heterocycles. The highest BCUT2D eigenvalue weighted by Gasteiger charge is 2.42. The molecule has 0 aliphatic carbocycles. The Morgan fingerprint density at radius 1 is 1.33 bits per heavy atom. The fourth-order valence-electron chi connectivity index (χ4n) is 2.68. The number of aromatic amines is 1. The van der Waals surface area contributed by atoms with Crippen LogP contribution in [0, 0.1) is 0 Å². The van der Waals surface area contributed by atoms with Gasteiger partial charge in [0.2, 0.25) is 5.91 Å². The summed E-state index contributed by atoms with van der Waals surface area (Å²) in [6.07, 6.45) is -4.58. The molecule has 5 nitrogen and oxygen atoms in total. The number of amides is 1. The molecule has 128 valence electrons. The van der Waals surface area contributed by atoms with Crippen LogP contribution in [0.1, 0.15) is 23.1 Å². The van der Waals surface area contributed by atoms with Gasteiger partial charge in [0.05, 0.1) is 24.3 Å².